The number of amides is 1. The van der Waals surface area contributed by atoms with Crippen LogP contribution in [0.25, 0.3) is 0 Å². The van der Waals surface area contributed by atoms with E-state index in [1.807, 2.05) is 37.8 Å². The molecule has 1 aromatic heterocycles. The van der Waals surface area contributed by atoms with Gasteiger partial charge in [-0.05, 0) is 62.4 Å². The maximum absolute atomic E-state index is 13.2. The Hall–Kier alpha value is -2.52. The largest absolute Gasteiger partial charge is 0.497 e. The van der Waals surface area contributed by atoms with Gasteiger partial charge in [0, 0.05) is 12.2 Å². The molecule has 0 aliphatic carbocycles. The van der Waals surface area contributed by atoms with E-state index in [0.717, 1.165) is 60.4 Å². The van der Waals surface area contributed by atoms with E-state index < -0.39 is 0 Å². The quantitative estimate of drug-likeness (QED) is 0.624. The minimum Gasteiger partial charge on any atom is -0.497 e. The van der Waals surface area contributed by atoms with Crippen LogP contribution in [0, 0.1) is 32.1 Å². The molecule has 1 aliphatic heterocycles. The van der Waals surface area contributed by atoms with Gasteiger partial charge >= 0.3 is 0 Å². The van der Waals surface area contributed by atoms with Crippen molar-refractivity contribution >= 4 is 17.7 Å². The van der Waals surface area contributed by atoms with Crippen molar-refractivity contribution in [2.75, 3.05) is 19.4 Å². The van der Waals surface area contributed by atoms with Crippen LogP contribution in [0.4, 0.5) is 0 Å². The van der Waals surface area contributed by atoms with E-state index in [-0.39, 0.29) is 17.7 Å². The minimum absolute atomic E-state index is 0.0800. The van der Waals surface area contributed by atoms with Crippen molar-refractivity contribution in [3.63, 3.8) is 0 Å². The third kappa shape index (κ3) is 4.79. The Morgan fingerprint density at radius 2 is 1.93 bits per heavy atom. The van der Waals surface area contributed by atoms with Gasteiger partial charge in [0.25, 0.3) is 0 Å². The topological polar surface area (TPSA) is 66.2 Å². The fraction of sp³-hybridized carbons (Fsp3) is 0.458. The molecule has 3 rings (SSSR count). The highest BCUT2D eigenvalue weighted by atomic mass is 32.2. The Kier molecular flexibility index (Phi) is 7.38. The predicted octanol–water partition coefficient (Wildman–Crippen LogP) is 5.12. The minimum atomic E-state index is 0.0800. The molecule has 0 N–H and O–H groups in total. The van der Waals surface area contributed by atoms with Gasteiger partial charge in [0.1, 0.15) is 16.8 Å². The first-order valence-electron chi connectivity index (χ1n) is 10.4. The molecule has 1 fully saturated rings. The fourth-order valence-corrected chi connectivity index (χ4v) is 4.91. The zero-order valence-corrected chi connectivity index (χ0v) is 19.0. The molecular formula is C24H29N3O2S. The van der Waals surface area contributed by atoms with Crippen molar-refractivity contribution in [1.82, 2.24) is 9.88 Å². The van der Waals surface area contributed by atoms with Crippen molar-refractivity contribution in [2.24, 2.45) is 0 Å². The van der Waals surface area contributed by atoms with Gasteiger partial charge in [0.05, 0.1) is 24.5 Å². The first-order valence-corrected chi connectivity index (χ1v) is 11.4. The Bertz CT molecular complexity index is 950. The predicted molar refractivity (Wildman–Crippen MR) is 120 cm³/mol. The number of aromatic nitrogens is 1. The number of ether oxygens (including phenoxy) is 1. The number of carbonyl (C=O) groups excluding carboxylic acids is 1. The Morgan fingerprint density at radius 3 is 2.60 bits per heavy atom. The van der Waals surface area contributed by atoms with Crippen LogP contribution in [0.15, 0.2) is 29.3 Å². The third-order valence-electron chi connectivity index (χ3n) is 5.98. The summed E-state index contributed by atoms with van der Waals surface area (Å²) in [5, 5.41) is 10.2. The number of nitriles is 1. The Morgan fingerprint density at radius 1 is 1.20 bits per heavy atom. The molecule has 158 valence electrons. The van der Waals surface area contributed by atoms with Crippen LogP contribution in [-0.2, 0) is 4.79 Å². The van der Waals surface area contributed by atoms with Gasteiger partial charge in [-0.2, -0.15) is 5.26 Å². The van der Waals surface area contributed by atoms with Crippen molar-refractivity contribution < 1.29 is 9.53 Å². The molecule has 5 nitrogen and oxygen atoms in total. The Balaban J connectivity index is 1.79. The summed E-state index contributed by atoms with van der Waals surface area (Å²) in [4.78, 5) is 19.8. The molecule has 1 saturated heterocycles. The van der Waals surface area contributed by atoms with E-state index in [2.05, 4.69) is 23.2 Å². The zero-order chi connectivity index (χ0) is 21.7. The maximum atomic E-state index is 13.2. The molecule has 30 heavy (non-hydrogen) atoms. The second kappa shape index (κ2) is 9.99. The number of nitrogens with zero attached hydrogens (tertiary/aromatic N) is 3. The van der Waals surface area contributed by atoms with Gasteiger partial charge in [-0.15, -0.1) is 0 Å². The van der Waals surface area contributed by atoms with E-state index in [4.69, 9.17) is 4.74 Å². The van der Waals surface area contributed by atoms with Crippen LogP contribution in [0.3, 0.4) is 0 Å². The average Bonchev–Trinajstić information content (AvgIpc) is 3.02. The van der Waals surface area contributed by atoms with Gasteiger partial charge in [-0.25, -0.2) is 4.98 Å². The van der Waals surface area contributed by atoms with Crippen molar-refractivity contribution in [3.8, 4) is 11.8 Å². The van der Waals surface area contributed by atoms with E-state index in [1.165, 1.54) is 11.8 Å². The lowest BCUT2D eigenvalue weighted by molar-refractivity contribution is -0.130. The second-order valence-corrected chi connectivity index (χ2v) is 8.72. The molecule has 2 heterocycles. The number of thioether (sulfide) groups is 1. The SMILES string of the molecule is COc1ccc(C2CCCCCN2C(=O)CSc2nc(C)c(C)c(C)c2C#N)cc1. The highest BCUT2D eigenvalue weighted by Gasteiger charge is 2.27. The van der Waals surface area contributed by atoms with Crippen molar-refractivity contribution in [2.45, 2.75) is 57.5 Å². The summed E-state index contributed by atoms with van der Waals surface area (Å²) in [5.74, 6) is 1.21. The molecule has 0 bridgehead atoms. The first-order chi connectivity index (χ1) is 14.5. The van der Waals surface area contributed by atoms with Crippen molar-refractivity contribution in [3.05, 3.63) is 52.2 Å². The molecule has 1 aromatic carbocycles. The summed E-state index contributed by atoms with van der Waals surface area (Å²) in [6.45, 7) is 6.64. The molecular weight excluding hydrogens is 394 g/mol. The lowest BCUT2D eigenvalue weighted by atomic mass is 10.0. The van der Waals surface area contributed by atoms with E-state index in [9.17, 15) is 10.1 Å². The van der Waals surface area contributed by atoms with Gasteiger partial charge in [0.15, 0.2) is 0 Å². The summed E-state index contributed by atoms with van der Waals surface area (Å²) in [6.07, 6.45) is 4.24. The average molecular weight is 424 g/mol. The monoisotopic (exact) mass is 423 g/mol. The number of rotatable bonds is 5. The number of pyridine rings is 1. The first kappa shape index (κ1) is 22.2. The lowest BCUT2D eigenvalue weighted by Gasteiger charge is -2.30. The normalized spacial score (nSPS) is 16.6. The molecule has 1 unspecified atom stereocenters. The lowest BCUT2D eigenvalue weighted by Crippen LogP contribution is -2.36. The summed E-state index contributed by atoms with van der Waals surface area (Å²) in [6, 6.07) is 10.4. The smallest absolute Gasteiger partial charge is 0.233 e. The van der Waals surface area contributed by atoms with Gasteiger partial charge in [0.2, 0.25) is 5.91 Å². The third-order valence-corrected chi connectivity index (χ3v) is 6.94. The van der Waals surface area contributed by atoms with E-state index >= 15 is 0 Å². The van der Waals surface area contributed by atoms with Crippen molar-refractivity contribution in [1.29, 1.82) is 5.26 Å². The number of benzene rings is 1. The van der Waals surface area contributed by atoms with Crippen LogP contribution < -0.4 is 4.74 Å². The number of methoxy groups -OCH3 is 1. The highest BCUT2D eigenvalue weighted by Crippen LogP contribution is 2.33. The number of carbonyl (C=O) groups is 1. The number of likely N-dealkylation sites (tertiary alicyclic amines) is 1. The van der Waals surface area contributed by atoms with Crippen LogP contribution >= 0.6 is 11.8 Å². The molecule has 2 aromatic rings. The fourth-order valence-electron chi connectivity index (χ4n) is 3.94. The number of hydrogen-bond donors (Lipinski definition) is 0. The number of aryl methyl sites for hydroxylation is 1. The van der Waals surface area contributed by atoms with Crippen LogP contribution in [0.5, 0.6) is 5.75 Å². The molecule has 0 spiro atoms. The van der Waals surface area contributed by atoms with E-state index in [0.29, 0.717) is 10.6 Å². The molecule has 1 aliphatic rings. The summed E-state index contributed by atoms with van der Waals surface area (Å²) in [5.41, 5.74) is 4.62. The molecule has 1 atom stereocenters. The summed E-state index contributed by atoms with van der Waals surface area (Å²) >= 11 is 1.38. The summed E-state index contributed by atoms with van der Waals surface area (Å²) in [7, 11) is 1.66. The van der Waals surface area contributed by atoms with Gasteiger partial charge < -0.3 is 9.64 Å². The van der Waals surface area contributed by atoms with Gasteiger partial charge in [-0.1, -0.05) is 36.7 Å². The molecule has 6 heteroatoms. The molecule has 1 amide bonds. The highest BCUT2D eigenvalue weighted by molar-refractivity contribution is 8.00. The van der Waals surface area contributed by atoms with Crippen LogP contribution in [-0.4, -0.2) is 35.2 Å². The number of hydrogen-bond acceptors (Lipinski definition) is 5. The Labute approximate surface area is 183 Å². The van der Waals surface area contributed by atoms with Crippen LogP contribution in [0.1, 0.15) is 59.7 Å². The second-order valence-electron chi connectivity index (χ2n) is 7.75. The zero-order valence-electron chi connectivity index (χ0n) is 18.2. The summed E-state index contributed by atoms with van der Waals surface area (Å²) < 4.78 is 5.28. The van der Waals surface area contributed by atoms with Gasteiger partial charge in [-0.3, -0.25) is 4.79 Å². The molecule has 0 radical (unpaired) electrons. The maximum Gasteiger partial charge on any atom is 0.233 e. The van der Waals surface area contributed by atoms with E-state index in [1.54, 1.807) is 7.11 Å². The standard InChI is InChI=1S/C24H29N3O2S/c1-16-17(2)21(14-25)24(26-18(16)3)30-15-23(28)27-13-7-5-6-8-22(27)19-9-11-20(29-4)12-10-19/h9-12,22H,5-8,13,15H2,1-4H3. The molecule has 0 saturated carbocycles. The van der Waals surface area contributed by atoms with Crippen LogP contribution in [0.2, 0.25) is 0 Å².